The molecule has 0 nitrogen and oxygen atoms in total. The number of fused-ring (bicyclic) bond motifs is 1. The number of halogens is 4. The molecule has 1 aromatic rings. The van der Waals surface area contributed by atoms with Crippen molar-refractivity contribution in [2.75, 3.05) is 0 Å². The van der Waals surface area contributed by atoms with E-state index in [0.717, 1.165) is 0 Å². The molecule has 18 heavy (non-hydrogen) atoms. The third-order valence-electron chi connectivity index (χ3n) is 2.42. The fraction of sp³-hybridized carbons (Fsp3) is 0.333. The third-order valence-corrected chi connectivity index (χ3v) is 12.1. The van der Waals surface area contributed by atoms with Crippen molar-refractivity contribution in [2.24, 2.45) is 0 Å². The maximum absolute atomic E-state index is 3.79. The minimum Gasteiger partial charge on any atom is -0.257 e. The average Bonchev–Trinajstić information content (AvgIpc) is 2.56. The molecule has 0 spiro atoms. The highest BCUT2D eigenvalue weighted by atomic mass is 79.9. The highest BCUT2D eigenvalue weighted by Gasteiger charge is 2.42. The highest BCUT2D eigenvalue weighted by molar-refractivity contribution is 9.78. The molecule has 1 atom stereocenters. The number of benzene rings is 1. The van der Waals surface area contributed by atoms with Gasteiger partial charge in [-0.3, -0.25) is 47.3 Å². The van der Waals surface area contributed by atoms with Crippen molar-refractivity contribution in [1.82, 2.24) is 0 Å². The lowest BCUT2D eigenvalue weighted by Crippen LogP contribution is -2.32. The molecule has 0 saturated heterocycles. The lowest BCUT2D eigenvalue weighted by Gasteiger charge is -2.29. The lowest BCUT2D eigenvalue weighted by atomic mass is 10.4. The van der Waals surface area contributed by atoms with Gasteiger partial charge in [0.1, 0.15) is 4.90 Å². The minimum absolute atomic E-state index is 0.104. The molecule has 1 aliphatic rings. The Morgan fingerprint density at radius 2 is 1.89 bits per heavy atom. The van der Waals surface area contributed by atoms with Crippen LogP contribution in [-0.4, -0.2) is 11.2 Å². The maximum Gasteiger partial charge on any atom is 0.407 e. The summed E-state index contributed by atoms with van der Waals surface area (Å²) in [6.07, 6.45) is 0. The van der Waals surface area contributed by atoms with Crippen molar-refractivity contribution < 1.29 is 0 Å². The van der Waals surface area contributed by atoms with Gasteiger partial charge < -0.3 is 0 Å². The Hall–Kier alpha value is 2.32. The van der Waals surface area contributed by atoms with Gasteiger partial charge in [0.25, 0.3) is 0 Å². The molecule has 98 valence electrons. The van der Waals surface area contributed by atoms with Gasteiger partial charge in [0.15, 0.2) is 0 Å². The Bertz CT molecular complexity index is 452. The molecule has 1 heterocycles. The molecular formula is C9H10B2Br4S3. The summed E-state index contributed by atoms with van der Waals surface area (Å²) in [5.74, 6) is 0. The Labute approximate surface area is 153 Å². The molecule has 1 unspecified atom stereocenters. The molecular weight excluding hydrogens is 546 g/mol. The molecule has 0 amide bonds. The van der Waals surface area contributed by atoms with E-state index in [1.807, 2.05) is 23.2 Å². The fourth-order valence-corrected chi connectivity index (χ4v) is 13.4. The van der Waals surface area contributed by atoms with Gasteiger partial charge in [-0.25, -0.2) is 0 Å². The monoisotopic (exact) mass is 552 g/mol. The van der Waals surface area contributed by atoms with Crippen LogP contribution in [0.3, 0.4) is 0 Å². The predicted octanol–water partition coefficient (Wildman–Crippen LogP) is 6.27. The summed E-state index contributed by atoms with van der Waals surface area (Å²) in [5.41, 5.74) is 0. The molecule has 2 rings (SSSR count). The molecule has 0 bridgehead atoms. The van der Waals surface area contributed by atoms with E-state index in [0.29, 0.717) is 9.34 Å². The fourth-order valence-electron chi connectivity index (χ4n) is 1.81. The van der Waals surface area contributed by atoms with Gasteiger partial charge in [-0.15, -0.1) is 49.7 Å². The van der Waals surface area contributed by atoms with Crippen LogP contribution in [0.15, 0.2) is 32.9 Å². The first-order valence-electron chi connectivity index (χ1n) is 5.33. The molecule has 0 saturated carbocycles. The van der Waals surface area contributed by atoms with Crippen molar-refractivity contribution in [3.63, 3.8) is 0 Å². The zero-order valence-electron chi connectivity index (χ0n) is 9.70. The zero-order valence-corrected chi connectivity index (χ0v) is 18.5. The van der Waals surface area contributed by atoms with Crippen LogP contribution in [0.2, 0.25) is 0 Å². The van der Waals surface area contributed by atoms with Crippen LogP contribution in [0, 0.1) is 0 Å². The Kier molecular flexibility index (Phi) is 6.13. The average molecular weight is 556 g/mol. The Balaban J connectivity index is 2.48. The van der Waals surface area contributed by atoms with E-state index in [1.165, 1.54) is 14.7 Å². The second kappa shape index (κ2) is 6.61. The standard InChI is InChI=1S/C9H10B2Br4S3/c1-6(2)18(11(13,14)15)8-5-3-4-7-9(8)17-10(12)16-7/h3-6H,1-2H3. The summed E-state index contributed by atoms with van der Waals surface area (Å²) < 4.78 is -0.465. The van der Waals surface area contributed by atoms with Crippen LogP contribution >= 0.6 is 86.3 Å². The van der Waals surface area contributed by atoms with Gasteiger partial charge >= 0.3 is 5.99 Å². The Morgan fingerprint density at radius 1 is 1.22 bits per heavy atom. The summed E-state index contributed by atoms with van der Waals surface area (Å²) >= 11 is 18.9. The van der Waals surface area contributed by atoms with Crippen molar-refractivity contribution >= 4 is 103 Å². The minimum atomic E-state index is -0.904. The molecule has 0 fully saturated rings. The largest absolute Gasteiger partial charge is 0.407 e. The SMILES string of the molecule is CC(C)[S+](c1cccc2c1SB(Br)S2)[B-](Br)(Br)Br. The molecule has 0 aliphatic carbocycles. The molecule has 0 aromatic heterocycles. The molecule has 0 radical (unpaired) electrons. The van der Waals surface area contributed by atoms with E-state index < -0.39 is 1.90 Å². The second-order valence-corrected chi connectivity index (χ2v) is 21.2. The van der Waals surface area contributed by atoms with Crippen molar-refractivity contribution in [2.45, 2.75) is 33.8 Å². The van der Waals surface area contributed by atoms with Crippen molar-refractivity contribution in [1.29, 1.82) is 0 Å². The Morgan fingerprint density at radius 3 is 2.44 bits per heavy atom. The quantitative estimate of drug-likeness (QED) is 0.319. The number of hydrogen-bond donors (Lipinski definition) is 0. The van der Waals surface area contributed by atoms with Crippen LogP contribution < -0.4 is 0 Å². The third kappa shape index (κ3) is 3.74. The topological polar surface area (TPSA) is 0 Å². The summed E-state index contributed by atoms with van der Waals surface area (Å²) in [6, 6.07) is 6.65. The van der Waals surface area contributed by atoms with E-state index >= 15 is 0 Å². The van der Waals surface area contributed by atoms with E-state index in [2.05, 4.69) is 95.1 Å². The summed E-state index contributed by atoms with van der Waals surface area (Å²) in [4.78, 5) is 4.28. The van der Waals surface area contributed by atoms with Crippen LogP contribution in [-0.2, 0) is 10.7 Å². The van der Waals surface area contributed by atoms with E-state index in [1.54, 1.807) is 0 Å². The zero-order chi connectivity index (χ0) is 13.5. The van der Waals surface area contributed by atoms with Gasteiger partial charge in [-0.05, 0) is 26.0 Å². The van der Waals surface area contributed by atoms with E-state index in [-0.39, 0.29) is 10.7 Å². The first kappa shape index (κ1) is 16.7. The molecule has 0 N–H and O–H groups in total. The summed E-state index contributed by atoms with van der Waals surface area (Å²) in [5, 5.41) is 0.578. The van der Waals surface area contributed by atoms with Gasteiger partial charge in [0.2, 0.25) is 0 Å². The van der Waals surface area contributed by atoms with Gasteiger partial charge in [0.05, 0.1) is 10.1 Å². The number of hydrogen-bond acceptors (Lipinski definition) is 2. The first-order chi connectivity index (χ1) is 8.30. The van der Waals surface area contributed by atoms with Crippen molar-refractivity contribution in [3.05, 3.63) is 18.2 Å². The molecule has 1 aliphatic heterocycles. The van der Waals surface area contributed by atoms with Crippen LogP contribution in [0.5, 0.6) is 0 Å². The van der Waals surface area contributed by atoms with Gasteiger partial charge in [0, 0.05) is 4.90 Å². The van der Waals surface area contributed by atoms with Gasteiger partial charge in [-0.1, -0.05) is 6.07 Å². The smallest absolute Gasteiger partial charge is 0.257 e. The highest BCUT2D eigenvalue weighted by Crippen LogP contribution is 2.53. The van der Waals surface area contributed by atoms with Crippen molar-refractivity contribution in [3.8, 4) is 0 Å². The lowest BCUT2D eigenvalue weighted by molar-refractivity contribution is 1.07. The molecule has 1 aromatic carbocycles. The van der Waals surface area contributed by atoms with E-state index in [9.17, 15) is 0 Å². The number of rotatable bonds is 3. The maximum atomic E-state index is 3.79. The summed E-state index contributed by atoms with van der Waals surface area (Å²) in [7, 11) is 0.104. The predicted molar refractivity (Wildman–Crippen MR) is 106 cm³/mol. The van der Waals surface area contributed by atoms with Crippen LogP contribution in [0.25, 0.3) is 0 Å². The second-order valence-electron chi connectivity index (χ2n) is 4.03. The van der Waals surface area contributed by atoms with Crippen LogP contribution in [0.1, 0.15) is 13.8 Å². The molecule has 9 heteroatoms. The van der Waals surface area contributed by atoms with E-state index in [4.69, 9.17) is 0 Å². The summed E-state index contributed by atoms with van der Waals surface area (Å²) in [6.45, 7) is 4.56. The van der Waals surface area contributed by atoms with Crippen LogP contribution in [0.4, 0.5) is 0 Å². The first-order valence-corrected chi connectivity index (χ1v) is 12.1. The normalized spacial score (nSPS) is 17.2. The van der Waals surface area contributed by atoms with Gasteiger partial charge in [-0.2, -0.15) is 0 Å².